The van der Waals surface area contributed by atoms with Crippen LogP contribution in [0, 0.1) is 0 Å². The van der Waals surface area contributed by atoms with Crippen molar-refractivity contribution in [2.45, 2.75) is 58.2 Å². The Morgan fingerprint density at radius 1 is 1.27 bits per heavy atom. The Hall–Kier alpha value is -1.24. The highest BCUT2D eigenvalue weighted by Gasteiger charge is 2.43. The summed E-state index contributed by atoms with van der Waals surface area (Å²) in [6.07, 6.45) is -4.81. The van der Waals surface area contributed by atoms with Crippen LogP contribution in [0.3, 0.4) is 0 Å². The first-order valence-electron chi connectivity index (χ1n) is 7.25. The summed E-state index contributed by atoms with van der Waals surface area (Å²) in [5.74, 6) is -3.01. The Bertz CT molecular complexity index is 489. The van der Waals surface area contributed by atoms with Gasteiger partial charge in [-0.05, 0) is 32.6 Å². The molecule has 1 atom stereocenters. The van der Waals surface area contributed by atoms with Crippen molar-refractivity contribution in [3.8, 4) is 0 Å². The van der Waals surface area contributed by atoms with E-state index in [1.54, 1.807) is 13.8 Å². The van der Waals surface area contributed by atoms with Gasteiger partial charge in [0.15, 0.2) is 0 Å². The number of aliphatic hydroxyl groups excluding tert-OH is 1. The van der Waals surface area contributed by atoms with E-state index >= 15 is 0 Å². The van der Waals surface area contributed by atoms with Crippen molar-refractivity contribution in [3.63, 3.8) is 0 Å². The van der Waals surface area contributed by atoms with Gasteiger partial charge in [0, 0.05) is 24.3 Å². The molecule has 0 heterocycles. The summed E-state index contributed by atoms with van der Waals surface area (Å²) in [7, 11) is 0. The number of allylic oxidation sites excluding steroid dienone is 4. The van der Waals surface area contributed by atoms with Crippen molar-refractivity contribution in [3.05, 3.63) is 22.8 Å². The first kappa shape index (κ1) is 18.8. The van der Waals surface area contributed by atoms with E-state index in [2.05, 4.69) is 4.99 Å². The normalized spacial score (nSPS) is 19.0. The van der Waals surface area contributed by atoms with Crippen LogP contribution in [0.25, 0.3) is 0 Å². The summed E-state index contributed by atoms with van der Waals surface area (Å²) >= 11 is 0. The number of aliphatic imine (C=N–C) groups is 1. The van der Waals surface area contributed by atoms with Gasteiger partial charge in [0.1, 0.15) is 17.2 Å². The number of aliphatic hydroxyl groups is 1. The minimum atomic E-state index is -5.05. The third kappa shape index (κ3) is 4.90. The van der Waals surface area contributed by atoms with Crippen molar-refractivity contribution >= 4 is 5.71 Å². The quantitative estimate of drug-likeness (QED) is 0.424. The SMILES string of the molecule is CCC(=NCCCC(C)O)C1=C(F)C(C(F)(F)F)=C(F)CC1. The van der Waals surface area contributed by atoms with Crippen LogP contribution in [-0.4, -0.2) is 29.6 Å². The Morgan fingerprint density at radius 2 is 1.91 bits per heavy atom. The van der Waals surface area contributed by atoms with Crippen molar-refractivity contribution in [2.24, 2.45) is 4.99 Å². The second-order valence-corrected chi connectivity index (χ2v) is 5.24. The van der Waals surface area contributed by atoms with E-state index in [1.165, 1.54) is 0 Å². The highest BCUT2D eigenvalue weighted by molar-refractivity contribution is 6.01. The van der Waals surface area contributed by atoms with Crippen molar-refractivity contribution < 1.29 is 27.1 Å². The van der Waals surface area contributed by atoms with Gasteiger partial charge in [-0.2, -0.15) is 13.2 Å². The Morgan fingerprint density at radius 3 is 2.41 bits per heavy atom. The molecule has 1 aliphatic carbocycles. The molecule has 22 heavy (non-hydrogen) atoms. The first-order valence-corrected chi connectivity index (χ1v) is 7.25. The maximum atomic E-state index is 14.1. The molecule has 0 aromatic carbocycles. The molecule has 2 nitrogen and oxygen atoms in total. The third-order valence-electron chi connectivity index (χ3n) is 3.40. The molecule has 0 aliphatic heterocycles. The van der Waals surface area contributed by atoms with Gasteiger partial charge in [-0.1, -0.05) is 6.92 Å². The van der Waals surface area contributed by atoms with Crippen LogP contribution in [0.5, 0.6) is 0 Å². The molecule has 0 spiro atoms. The largest absolute Gasteiger partial charge is 0.421 e. The minimum absolute atomic E-state index is 0.125. The molecule has 0 saturated heterocycles. The zero-order chi connectivity index (χ0) is 16.9. The minimum Gasteiger partial charge on any atom is -0.393 e. The molecule has 1 aliphatic rings. The van der Waals surface area contributed by atoms with Gasteiger partial charge in [0.05, 0.1) is 6.10 Å². The van der Waals surface area contributed by atoms with Crippen LogP contribution in [0.1, 0.15) is 46.0 Å². The Kier molecular flexibility index (Phi) is 6.71. The summed E-state index contributed by atoms with van der Waals surface area (Å²) in [5, 5.41) is 9.13. The lowest BCUT2D eigenvalue weighted by Gasteiger charge is -2.21. The van der Waals surface area contributed by atoms with Crippen LogP contribution < -0.4 is 0 Å². The molecule has 7 heteroatoms. The smallest absolute Gasteiger partial charge is 0.393 e. The highest BCUT2D eigenvalue weighted by atomic mass is 19.4. The molecule has 1 unspecified atom stereocenters. The van der Waals surface area contributed by atoms with Crippen LogP contribution in [0.2, 0.25) is 0 Å². The number of hydrogen-bond donors (Lipinski definition) is 1. The van der Waals surface area contributed by atoms with E-state index in [-0.39, 0.29) is 24.1 Å². The third-order valence-corrected chi connectivity index (χ3v) is 3.40. The maximum absolute atomic E-state index is 14.1. The molecule has 0 radical (unpaired) electrons. The molecule has 0 aromatic rings. The molecule has 1 N–H and O–H groups in total. The van der Waals surface area contributed by atoms with Crippen LogP contribution in [-0.2, 0) is 0 Å². The van der Waals surface area contributed by atoms with E-state index in [0.29, 0.717) is 19.4 Å². The number of rotatable bonds is 6. The molecule has 0 amide bonds. The predicted octanol–water partition coefficient (Wildman–Crippen LogP) is 4.80. The van der Waals surface area contributed by atoms with E-state index in [4.69, 9.17) is 5.11 Å². The molecule has 0 bridgehead atoms. The highest BCUT2D eigenvalue weighted by Crippen LogP contribution is 2.42. The Labute approximate surface area is 126 Å². The zero-order valence-electron chi connectivity index (χ0n) is 12.6. The average Bonchev–Trinajstić information content (AvgIpc) is 2.38. The second kappa shape index (κ2) is 7.85. The molecule has 0 saturated carbocycles. The van der Waals surface area contributed by atoms with E-state index in [0.717, 1.165) is 0 Å². The summed E-state index contributed by atoms with van der Waals surface area (Å²) in [6.45, 7) is 3.57. The van der Waals surface area contributed by atoms with Gasteiger partial charge in [-0.15, -0.1) is 0 Å². The summed E-state index contributed by atoms with van der Waals surface area (Å²) in [5.41, 5.74) is -1.73. The van der Waals surface area contributed by atoms with Gasteiger partial charge < -0.3 is 5.11 Å². The van der Waals surface area contributed by atoms with Crippen LogP contribution >= 0.6 is 0 Å². The Balaban J connectivity index is 3.01. The number of halogens is 5. The monoisotopic (exact) mass is 325 g/mol. The van der Waals surface area contributed by atoms with Crippen molar-refractivity contribution in [1.29, 1.82) is 0 Å². The lowest BCUT2D eigenvalue weighted by atomic mass is 9.92. The standard InChI is InChI=1S/C15H20F5NO/c1-3-12(21-8-4-5-9(2)22)10-6-7-11(16)13(14(10)17)15(18,19)20/h9,22H,3-8H2,1-2H3. The zero-order valence-corrected chi connectivity index (χ0v) is 12.6. The lowest BCUT2D eigenvalue weighted by Crippen LogP contribution is -2.20. The summed E-state index contributed by atoms with van der Waals surface area (Å²) in [4.78, 5) is 4.13. The molecule has 1 rings (SSSR count). The summed E-state index contributed by atoms with van der Waals surface area (Å²) < 4.78 is 65.6. The van der Waals surface area contributed by atoms with Crippen LogP contribution in [0.4, 0.5) is 22.0 Å². The second-order valence-electron chi connectivity index (χ2n) is 5.24. The fourth-order valence-corrected chi connectivity index (χ4v) is 2.31. The lowest BCUT2D eigenvalue weighted by molar-refractivity contribution is -0.0935. The van der Waals surface area contributed by atoms with Gasteiger partial charge in [0.25, 0.3) is 0 Å². The first-order chi connectivity index (χ1) is 10.2. The predicted molar refractivity (Wildman–Crippen MR) is 75.1 cm³/mol. The fourth-order valence-electron chi connectivity index (χ4n) is 2.31. The number of alkyl halides is 3. The molecule has 126 valence electrons. The summed E-state index contributed by atoms with van der Waals surface area (Å²) in [6, 6.07) is 0. The van der Waals surface area contributed by atoms with E-state index in [1.807, 2.05) is 0 Å². The topological polar surface area (TPSA) is 32.6 Å². The van der Waals surface area contributed by atoms with E-state index < -0.39 is 35.9 Å². The van der Waals surface area contributed by atoms with Crippen molar-refractivity contribution in [2.75, 3.05) is 6.54 Å². The van der Waals surface area contributed by atoms with Gasteiger partial charge in [0.2, 0.25) is 0 Å². The van der Waals surface area contributed by atoms with E-state index in [9.17, 15) is 22.0 Å². The fraction of sp³-hybridized carbons (Fsp3) is 0.667. The van der Waals surface area contributed by atoms with Gasteiger partial charge >= 0.3 is 6.18 Å². The van der Waals surface area contributed by atoms with Gasteiger partial charge in [-0.25, -0.2) is 8.78 Å². The molecular formula is C15H20F5NO. The van der Waals surface area contributed by atoms with Crippen LogP contribution in [0.15, 0.2) is 27.8 Å². The molecule has 0 fully saturated rings. The number of nitrogens with zero attached hydrogens (tertiary/aromatic N) is 1. The molecule has 0 aromatic heterocycles. The number of hydrogen-bond acceptors (Lipinski definition) is 2. The average molecular weight is 325 g/mol. The molecular weight excluding hydrogens is 305 g/mol. The van der Waals surface area contributed by atoms with Gasteiger partial charge in [-0.3, -0.25) is 4.99 Å². The maximum Gasteiger partial charge on any atom is 0.421 e. The van der Waals surface area contributed by atoms with Crippen molar-refractivity contribution in [1.82, 2.24) is 0 Å².